The van der Waals surface area contributed by atoms with Crippen molar-refractivity contribution in [3.63, 3.8) is 0 Å². The van der Waals surface area contributed by atoms with Gasteiger partial charge in [-0.05, 0) is 0 Å². The first-order valence-electron chi connectivity index (χ1n) is 4.73. The molecule has 61 valence electrons. The summed E-state index contributed by atoms with van der Waals surface area (Å²) in [6.45, 7) is 4.57. The third-order valence-electron chi connectivity index (χ3n) is 1.75. The van der Waals surface area contributed by atoms with Crippen LogP contribution in [0.25, 0.3) is 0 Å². The molecular formula is C9H21Si. The number of unbranched alkanes of at least 4 members (excludes halogenated alkanes) is 3. The Hall–Kier alpha value is 0.217. The fourth-order valence-corrected chi connectivity index (χ4v) is 2.34. The minimum atomic E-state index is 0.813. The summed E-state index contributed by atoms with van der Waals surface area (Å²) in [5, 5.41) is 0. The van der Waals surface area contributed by atoms with Crippen molar-refractivity contribution in [1.82, 2.24) is 0 Å². The summed E-state index contributed by atoms with van der Waals surface area (Å²) in [6, 6.07) is 3.07. The Labute approximate surface area is 68.2 Å². The Kier molecular flexibility index (Phi) is 9.42. The van der Waals surface area contributed by atoms with Crippen molar-refractivity contribution in [2.45, 2.75) is 58.0 Å². The van der Waals surface area contributed by atoms with Crippen molar-refractivity contribution in [3.8, 4) is 0 Å². The molecule has 0 aliphatic carbocycles. The van der Waals surface area contributed by atoms with E-state index < -0.39 is 0 Å². The van der Waals surface area contributed by atoms with Crippen LogP contribution >= 0.6 is 0 Å². The van der Waals surface area contributed by atoms with Crippen molar-refractivity contribution < 1.29 is 0 Å². The largest absolute Gasteiger partial charge is 0.0657 e. The van der Waals surface area contributed by atoms with E-state index in [-0.39, 0.29) is 0 Å². The molecule has 0 nitrogen and oxygen atoms in total. The van der Waals surface area contributed by atoms with Crippen molar-refractivity contribution in [2.75, 3.05) is 0 Å². The van der Waals surface area contributed by atoms with Crippen LogP contribution in [0, 0.1) is 0 Å². The molecule has 0 N–H and O–H groups in total. The van der Waals surface area contributed by atoms with Gasteiger partial charge in [-0.25, -0.2) is 0 Å². The van der Waals surface area contributed by atoms with E-state index in [9.17, 15) is 0 Å². The molecule has 0 aliphatic heterocycles. The van der Waals surface area contributed by atoms with Gasteiger partial charge in [-0.3, -0.25) is 0 Å². The third kappa shape index (κ3) is 8.22. The van der Waals surface area contributed by atoms with Crippen LogP contribution in [0.4, 0.5) is 0 Å². The molecule has 1 heteroatoms. The third-order valence-corrected chi connectivity index (χ3v) is 3.56. The van der Waals surface area contributed by atoms with Crippen molar-refractivity contribution in [1.29, 1.82) is 0 Å². The second kappa shape index (κ2) is 9.22. The van der Waals surface area contributed by atoms with Crippen LogP contribution in [0.1, 0.15) is 46.0 Å². The zero-order valence-electron chi connectivity index (χ0n) is 7.53. The highest BCUT2D eigenvalue weighted by Crippen LogP contribution is 2.03. The summed E-state index contributed by atoms with van der Waals surface area (Å²) in [6.07, 6.45) is 7.22. The minimum absolute atomic E-state index is 0.813. The first-order chi connectivity index (χ1) is 4.91. The summed E-state index contributed by atoms with van der Waals surface area (Å²) >= 11 is 0. The van der Waals surface area contributed by atoms with Gasteiger partial charge in [0.15, 0.2) is 0 Å². The first-order valence-corrected chi connectivity index (χ1v) is 6.36. The highest BCUT2D eigenvalue weighted by molar-refractivity contribution is 6.35. The van der Waals surface area contributed by atoms with E-state index in [0.29, 0.717) is 0 Å². The second-order valence-electron chi connectivity index (χ2n) is 2.93. The lowest BCUT2D eigenvalue weighted by Gasteiger charge is -1.96. The predicted molar refractivity (Wildman–Crippen MR) is 51.2 cm³/mol. The summed E-state index contributed by atoms with van der Waals surface area (Å²) in [5.74, 6) is 0. The molecule has 0 fully saturated rings. The van der Waals surface area contributed by atoms with Gasteiger partial charge in [-0.1, -0.05) is 58.0 Å². The van der Waals surface area contributed by atoms with Crippen LogP contribution in [0.2, 0.25) is 12.1 Å². The van der Waals surface area contributed by atoms with Gasteiger partial charge in [0, 0.05) is 9.52 Å². The Morgan fingerprint density at radius 2 is 1.60 bits per heavy atom. The zero-order chi connectivity index (χ0) is 7.66. The minimum Gasteiger partial charge on any atom is -0.0657 e. The van der Waals surface area contributed by atoms with Crippen LogP contribution in [-0.4, -0.2) is 9.52 Å². The van der Waals surface area contributed by atoms with Gasteiger partial charge in [0.25, 0.3) is 0 Å². The number of rotatable bonds is 7. The topological polar surface area (TPSA) is 0 Å². The van der Waals surface area contributed by atoms with Gasteiger partial charge < -0.3 is 0 Å². The maximum Gasteiger partial charge on any atom is 0.0280 e. The van der Waals surface area contributed by atoms with E-state index in [4.69, 9.17) is 0 Å². The Balaban J connectivity index is 2.65. The maximum atomic E-state index is 2.29. The quantitative estimate of drug-likeness (QED) is 0.393. The zero-order valence-corrected chi connectivity index (χ0v) is 8.68. The molecule has 0 aromatic rings. The molecule has 0 bridgehead atoms. The molecule has 0 amide bonds. The summed E-state index contributed by atoms with van der Waals surface area (Å²) in [5.41, 5.74) is 0. The van der Waals surface area contributed by atoms with Gasteiger partial charge >= 0.3 is 0 Å². The van der Waals surface area contributed by atoms with Gasteiger partial charge in [0.1, 0.15) is 0 Å². The fourth-order valence-electron chi connectivity index (χ4n) is 1.06. The molecule has 0 aliphatic rings. The van der Waals surface area contributed by atoms with Gasteiger partial charge in [0.2, 0.25) is 0 Å². The van der Waals surface area contributed by atoms with Gasteiger partial charge in [-0.2, -0.15) is 0 Å². The SMILES string of the molecule is CCCCCC[SiH]CCC. The second-order valence-corrected chi connectivity index (χ2v) is 4.66. The molecule has 1 radical (unpaired) electrons. The van der Waals surface area contributed by atoms with Crippen LogP contribution in [0.15, 0.2) is 0 Å². The van der Waals surface area contributed by atoms with Gasteiger partial charge in [0.05, 0.1) is 0 Å². The summed E-state index contributed by atoms with van der Waals surface area (Å²) in [7, 11) is 0.813. The maximum absolute atomic E-state index is 2.29. The van der Waals surface area contributed by atoms with Crippen LogP contribution in [0.3, 0.4) is 0 Å². The molecule has 0 aromatic heterocycles. The Morgan fingerprint density at radius 3 is 2.20 bits per heavy atom. The average Bonchev–Trinajstić information content (AvgIpc) is 1.97. The van der Waals surface area contributed by atoms with Crippen molar-refractivity contribution in [2.24, 2.45) is 0 Å². The number of hydrogen-bond donors (Lipinski definition) is 0. The molecule has 0 heterocycles. The number of hydrogen-bond acceptors (Lipinski definition) is 0. The molecule has 0 spiro atoms. The summed E-state index contributed by atoms with van der Waals surface area (Å²) < 4.78 is 0. The van der Waals surface area contributed by atoms with E-state index in [1.165, 1.54) is 38.1 Å². The first kappa shape index (κ1) is 10.2. The van der Waals surface area contributed by atoms with E-state index >= 15 is 0 Å². The van der Waals surface area contributed by atoms with Crippen LogP contribution in [-0.2, 0) is 0 Å². The fraction of sp³-hybridized carbons (Fsp3) is 1.00. The van der Waals surface area contributed by atoms with Crippen LogP contribution < -0.4 is 0 Å². The molecular weight excluding hydrogens is 136 g/mol. The normalized spacial score (nSPS) is 10.2. The smallest absolute Gasteiger partial charge is 0.0280 e. The molecule has 0 rings (SSSR count). The lowest BCUT2D eigenvalue weighted by molar-refractivity contribution is 0.699. The van der Waals surface area contributed by atoms with Crippen molar-refractivity contribution >= 4 is 9.52 Å². The molecule has 10 heavy (non-hydrogen) atoms. The van der Waals surface area contributed by atoms with E-state index in [2.05, 4.69) is 13.8 Å². The van der Waals surface area contributed by atoms with Crippen LogP contribution in [0.5, 0.6) is 0 Å². The standard InChI is InChI=1S/C9H21Si/c1-3-5-6-7-9-10-8-4-2/h10H,3-9H2,1-2H3. The highest BCUT2D eigenvalue weighted by atomic mass is 28.2. The average molecular weight is 157 g/mol. The molecule has 0 saturated carbocycles. The highest BCUT2D eigenvalue weighted by Gasteiger charge is 1.88. The predicted octanol–water partition coefficient (Wildman–Crippen LogP) is 3.25. The Morgan fingerprint density at radius 1 is 0.800 bits per heavy atom. The lowest BCUT2D eigenvalue weighted by Crippen LogP contribution is -1.87. The molecule has 0 aromatic carbocycles. The van der Waals surface area contributed by atoms with Gasteiger partial charge in [-0.15, -0.1) is 0 Å². The molecule has 0 unspecified atom stereocenters. The monoisotopic (exact) mass is 157 g/mol. The Bertz CT molecular complexity index is 44.7. The molecule has 0 atom stereocenters. The summed E-state index contributed by atoms with van der Waals surface area (Å²) in [4.78, 5) is 0. The molecule has 0 saturated heterocycles. The van der Waals surface area contributed by atoms with E-state index in [1.54, 1.807) is 6.04 Å². The van der Waals surface area contributed by atoms with E-state index in [0.717, 1.165) is 9.52 Å². The van der Waals surface area contributed by atoms with Crippen molar-refractivity contribution in [3.05, 3.63) is 0 Å². The lowest BCUT2D eigenvalue weighted by atomic mass is 10.2. The van der Waals surface area contributed by atoms with E-state index in [1.807, 2.05) is 0 Å².